The minimum absolute atomic E-state index is 0.0478. The van der Waals surface area contributed by atoms with Gasteiger partial charge in [0.05, 0.1) is 57.8 Å². The normalized spacial score (nSPS) is 12.8. The molecule has 0 heterocycles. The molecule has 0 aromatic heterocycles. The molecule has 0 unspecified atom stereocenters. The van der Waals surface area contributed by atoms with E-state index in [1.807, 2.05) is 0 Å². The Morgan fingerprint density at radius 3 is 1.28 bits per heavy atom. The van der Waals surface area contributed by atoms with Crippen LogP contribution in [-0.4, -0.2) is 171 Å². The summed E-state index contributed by atoms with van der Waals surface area (Å²) >= 11 is 0. The van der Waals surface area contributed by atoms with Crippen LogP contribution < -0.4 is 31.9 Å². The van der Waals surface area contributed by atoms with Crippen molar-refractivity contribution < 1.29 is 82.2 Å². The van der Waals surface area contributed by atoms with Crippen molar-refractivity contribution in [2.45, 2.75) is 206 Å². The van der Waals surface area contributed by atoms with Crippen LogP contribution >= 0.6 is 0 Å². The summed E-state index contributed by atoms with van der Waals surface area (Å²) in [5.41, 5.74) is 0. The number of carboxylic acid groups (broad SMARTS) is 3. The highest BCUT2D eigenvalue weighted by Crippen LogP contribution is 2.15. The Bertz CT molecular complexity index is 1730. The molecule has 23 heteroatoms. The van der Waals surface area contributed by atoms with Crippen LogP contribution in [0.4, 0.5) is 0 Å². The fraction of sp³-hybridized carbons (Fsp3) is 0.818. The van der Waals surface area contributed by atoms with Crippen molar-refractivity contribution in [2.75, 3.05) is 72.5 Å². The number of ketones is 2. The third kappa shape index (κ3) is 42.9. The number of carbonyl (C=O) groups is 10. The molecule has 0 saturated carbocycles. The van der Waals surface area contributed by atoms with Crippen LogP contribution in [0.3, 0.4) is 0 Å². The molecule has 0 rings (SSSR count). The average Bonchev–Trinajstić information content (AvgIpc) is 3.38. The lowest BCUT2D eigenvalue weighted by Crippen LogP contribution is -2.54. The molecule has 0 aliphatic carbocycles. The molecule has 4 atom stereocenters. The van der Waals surface area contributed by atoms with Gasteiger partial charge in [-0.3, -0.25) is 48.5 Å². The summed E-state index contributed by atoms with van der Waals surface area (Å²) in [5, 5.41) is 43.7. The Morgan fingerprint density at radius 2 is 0.808 bits per heavy atom. The van der Waals surface area contributed by atoms with Gasteiger partial charge in [0.1, 0.15) is 19.3 Å². The van der Waals surface area contributed by atoms with Gasteiger partial charge >= 0.3 is 17.9 Å². The SMILES string of the molecule is CC(C)C(=O)[C@H](C)N[C@H](CCCCNC(=O)COCCOCCNC(=O)COCCOCCNC(=O)CC[C@H](NC(=O)CCCCCCCCCCCCCCCCC(=O)O)C(=O)O)C(=O)N[C@@H](CCC(=O)O)C(=O)C(C)C. The third-order valence-electron chi connectivity index (χ3n) is 12.6. The highest BCUT2D eigenvalue weighted by Gasteiger charge is 2.30. The number of carboxylic acids is 3. The van der Waals surface area contributed by atoms with Gasteiger partial charge in [0.15, 0.2) is 11.6 Å². The molecule has 9 N–H and O–H groups in total. The zero-order chi connectivity index (χ0) is 58.4. The van der Waals surface area contributed by atoms with Crippen molar-refractivity contribution in [3.05, 3.63) is 0 Å². The van der Waals surface area contributed by atoms with Crippen molar-refractivity contribution in [1.82, 2.24) is 31.9 Å². The standard InChI is InChI=1S/C55H98N6O17/c1-40(2)52(70)42(5)59-44(54(72)61-43(26-28-51(68)69)53(71)41(3)4)22-20-21-29-56-48(64)38-77-36-35-76-33-31-58-49(65)39-78-37-34-75-32-30-57-46(62)27-25-45(55(73)74)60-47(63)23-18-16-14-12-10-8-6-7-9-11-13-15-17-19-24-50(66)67/h40-45,59H,6-39H2,1-5H3,(H,56,64)(H,57,62)(H,58,65)(H,60,63)(H,61,72)(H,66,67)(H,68,69)(H,73,74)/t42-,43-,44+,45-/m0/s1. The van der Waals surface area contributed by atoms with Gasteiger partial charge in [-0.2, -0.15) is 0 Å². The van der Waals surface area contributed by atoms with Crippen molar-refractivity contribution in [3.8, 4) is 0 Å². The quantitative estimate of drug-likeness (QED) is 0.0381. The van der Waals surface area contributed by atoms with Gasteiger partial charge in [-0.1, -0.05) is 105 Å². The smallest absolute Gasteiger partial charge is 0.326 e. The summed E-state index contributed by atoms with van der Waals surface area (Å²) in [5.74, 6) is -6.02. The van der Waals surface area contributed by atoms with E-state index in [-0.39, 0.29) is 146 Å². The van der Waals surface area contributed by atoms with E-state index in [0.717, 1.165) is 44.9 Å². The number of hydrogen-bond acceptors (Lipinski definition) is 15. The fourth-order valence-electron chi connectivity index (χ4n) is 8.07. The van der Waals surface area contributed by atoms with Gasteiger partial charge in [-0.15, -0.1) is 0 Å². The predicted octanol–water partition coefficient (Wildman–Crippen LogP) is 4.39. The van der Waals surface area contributed by atoms with E-state index in [0.29, 0.717) is 32.2 Å². The van der Waals surface area contributed by atoms with E-state index in [1.54, 1.807) is 34.6 Å². The van der Waals surface area contributed by atoms with E-state index >= 15 is 0 Å². The third-order valence-corrected chi connectivity index (χ3v) is 12.6. The second kappa shape index (κ2) is 47.9. The number of Topliss-reactive ketones (excluding diaryl/α,β-unsaturated/α-hetero) is 2. The largest absolute Gasteiger partial charge is 0.481 e. The van der Waals surface area contributed by atoms with Gasteiger partial charge < -0.3 is 60.9 Å². The van der Waals surface area contributed by atoms with Crippen molar-refractivity contribution in [1.29, 1.82) is 0 Å². The molecule has 0 aromatic carbocycles. The number of nitrogens with one attached hydrogen (secondary N) is 6. The van der Waals surface area contributed by atoms with Crippen LogP contribution in [0.15, 0.2) is 0 Å². The molecule has 0 saturated heterocycles. The number of hydrogen-bond donors (Lipinski definition) is 9. The molecular formula is C55H98N6O17. The summed E-state index contributed by atoms with van der Waals surface area (Å²) in [6, 6.07) is -3.63. The average molecular weight is 1120 g/mol. The summed E-state index contributed by atoms with van der Waals surface area (Å²) in [7, 11) is 0. The van der Waals surface area contributed by atoms with E-state index in [4.69, 9.17) is 29.2 Å². The van der Waals surface area contributed by atoms with Gasteiger partial charge in [0, 0.05) is 57.2 Å². The number of amides is 5. The highest BCUT2D eigenvalue weighted by atomic mass is 16.5. The van der Waals surface area contributed by atoms with Crippen LogP contribution in [0.2, 0.25) is 0 Å². The minimum Gasteiger partial charge on any atom is -0.481 e. The Kier molecular flexibility index (Phi) is 44.7. The number of aliphatic carboxylic acids is 3. The highest BCUT2D eigenvalue weighted by molar-refractivity contribution is 5.93. The molecule has 0 spiro atoms. The first-order valence-electron chi connectivity index (χ1n) is 28.5. The maximum Gasteiger partial charge on any atom is 0.326 e. The second-order valence-electron chi connectivity index (χ2n) is 20.3. The lowest BCUT2D eigenvalue weighted by Gasteiger charge is -2.26. The number of unbranched alkanes of at least 4 members (excludes halogenated alkanes) is 14. The summed E-state index contributed by atoms with van der Waals surface area (Å²) in [6.07, 6.45) is 16.2. The molecular weight excluding hydrogens is 1020 g/mol. The number of ether oxygens (including phenoxy) is 4. The van der Waals surface area contributed by atoms with Crippen molar-refractivity contribution >= 4 is 59.0 Å². The van der Waals surface area contributed by atoms with Crippen LogP contribution in [0.5, 0.6) is 0 Å². The van der Waals surface area contributed by atoms with Crippen molar-refractivity contribution in [2.24, 2.45) is 11.8 Å². The van der Waals surface area contributed by atoms with Crippen LogP contribution in [-0.2, 0) is 66.9 Å². The minimum atomic E-state index is -1.20. The molecule has 450 valence electrons. The Balaban J connectivity index is 4.02. The molecule has 0 bridgehead atoms. The van der Waals surface area contributed by atoms with E-state index in [2.05, 4.69) is 31.9 Å². The first-order chi connectivity index (χ1) is 37.2. The van der Waals surface area contributed by atoms with Crippen LogP contribution in [0.25, 0.3) is 0 Å². The molecule has 23 nitrogen and oxygen atoms in total. The lowest BCUT2D eigenvalue weighted by molar-refractivity contribution is -0.142. The first kappa shape index (κ1) is 72.9. The Morgan fingerprint density at radius 1 is 0.372 bits per heavy atom. The maximum atomic E-state index is 13.4. The monoisotopic (exact) mass is 1110 g/mol. The van der Waals surface area contributed by atoms with E-state index in [9.17, 15) is 53.1 Å². The van der Waals surface area contributed by atoms with Gasteiger partial charge in [0.2, 0.25) is 29.5 Å². The van der Waals surface area contributed by atoms with Gasteiger partial charge in [0.25, 0.3) is 0 Å². The van der Waals surface area contributed by atoms with Gasteiger partial charge in [-0.05, 0) is 51.9 Å². The molecule has 5 amide bonds. The lowest BCUT2D eigenvalue weighted by atomic mass is 9.96. The zero-order valence-electron chi connectivity index (χ0n) is 47.6. The molecule has 78 heavy (non-hydrogen) atoms. The van der Waals surface area contributed by atoms with E-state index in [1.165, 1.54) is 38.5 Å². The summed E-state index contributed by atoms with van der Waals surface area (Å²) < 4.78 is 21.5. The topological polar surface area (TPSA) is 340 Å². The molecule has 0 radical (unpaired) electrons. The second-order valence-corrected chi connectivity index (χ2v) is 20.3. The molecule has 0 aliphatic rings. The number of carbonyl (C=O) groups excluding carboxylic acids is 7. The molecule has 0 aromatic rings. The zero-order valence-corrected chi connectivity index (χ0v) is 47.6. The maximum absolute atomic E-state index is 13.4. The number of rotatable bonds is 54. The van der Waals surface area contributed by atoms with Crippen LogP contribution in [0, 0.1) is 11.8 Å². The molecule has 0 aliphatic heterocycles. The Labute approximate surface area is 462 Å². The van der Waals surface area contributed by atoms with Crippen molar-refractivity contribution in [3.63, 3.8) is 0 Å². The Hall–Kier alpha value is -5.10. The summed E-state index contributed by atoms with van der Waals surface area (Å²) in [4.78, 5) is 121. The summed E-state index contributed by atoms with van der Waals surface area (Å²) in [6.45, 7) is 9.79. The van der Waals surface area contributed by atoms with E-state index < -0.39 is 53.9 Å². The van der Waals surface area contributed by atoms with Gasteiger partial charge in [-0.25, -0.2) is 4.79 Å². The first-order valence-corrected chi connectivity index (χ1v) is 28.5. The fourth-order valence-corrected chi connectivity index (χ4v) is 8.07. The molecule has 0 fully saturated rings. The predicted molar refractivity (Wildman–Crippen MR) is 291 cm³/mol. The van der Waals surface area contributed by atoms with Crippen LogP contribution in [0.1, 0.15) is 182 Å².